The van der Waals surface area contributed by atoms with Crippen LogP contribution in [0.4, 0.5) is 4.79 Å². The summed E-state index contributed by atoms with van der Waals surface area (Å²) in [7, 11) is 3.13. The molecule has 0 saturated carbocycles. The Balaban J connectivity index is 1.74. The maximum absolute atomic E-state index is 13.2. The maximum atomic E-state index is 13.2. The highest BCUT2D eigenvalue weighted by molar-refractivity contribution is 8.03. The topological polar surface area (TPSA) is 121 Å². The Hall–Kier alpha value is -4.23. The predicted octanol–water partition coefficient (Wildman–Crippen LogP) is 3.98. The van der Waals surface area contributed by atoms with Crippen LogP contribution in [0.25, 0.3) is 0 Å². The summed E-state index contributed by atoms with van der Waals surface area (Å²) < 4.78 is 10.6. The second-order valence-corrected chi connectivity index (χ2v) is 9.64. The van der Waals surface area contributed by atoms with Crippen LogP contribution in [0.3, 0.4) is 0 Å². The van der Waals surface area contributed by atoms with Gasteiger partial charge in [-0.25, -0.2) is 9.59 Å². The van der Waals surface area contributed by atoms with Gasteiger partial charge in [0.05, 0.1) is 42.0 Å². The van der Waals surface area contributed by atoms with Crippen molar-refractivity contribution in [1.82, 2.24) is 15.5 Å². The molecule has 2 aromatic rings. The molecule has 2 aliphatic rings. The fourth-order valence-corrected chi connectivity index (χ4v) is 5.63. The number of carbonyl (C=O) groups excluding carboxylic acids is 3. The first-order valence-corrected chi connectivity index (χ1v) is 13.1. The Bertz CT molecular complexity index is 1330. The van der Waals surface area contributed by atoms with Crippen LogP contribution in [0, 0.1) is 11.3 Å². The second kappa shape index (κ2) is 11.9. The molecule has 0 aliphatic carbocycles. The SMILES string of the molecule is CCOC(=O)C1=C(CSC2=C(C#N)C(c3ccccc3)CC(=O)N2)N(C)C(=O)NC1c1ccc(OC)cc1. The van der Waals surface area contributed by atoms with E-state index in [1.807, 2.05) is 30.3 Å². The molecule has 2 heterocycles. The summed E-state index contributed by atoms with van der Waals surface area (Å²) >= 11 is 1.20. The minimum Gasteiger partial charge on any atom is -0.497 e. The molecule has 0 bridgehead atoms. The van der Waals surface area contributed by atoms with Crippen LogP contribution in [0.2, 0.25) is 0 Å². The van der Waals surface area contributed by atoms with Crippen LogP contribution in [-0.4, -0.2) is 49.3 Å². The Morgan fingerprint density at radius 2 is 1.84 bits per heavy atom. The second-order valence-electron chi connectivity index (χ2n) is 8.65. The third-order valence-corrected chi connectivity index (χ3v) is 7.46. The number of esters is 1. The van der Waals surface area contributed by atoms with E-state index in [4.69, 9.17) is 9.47 Å². The van der Waals surface area contributed by atoms with Crippen LogP contribution in [-0.2, 0) is 14.3 Å². The quantitative estimate of drug-likeness (QED) is 0.494. The fourth-order valence-electron chi connectivity index (χ4n) is 4.47. The van der Waals surface area contributed by atoms with Crippen molar-refractivity contribution in [1.29, 1.82) is 5.26 Å². The standard InChI is InChI=1S/C28H28N4O5S/c1-4-37-27(34)24-22(32(2)28(35)31-25(24)18-10-12-19(36-3)13-11-18)16-38-26-21(15-29)20(14-23(33)30-26)17-8-6-5-7-9-17/h5-13,20,25H,4,14,16H2,1-3H3,(H,30,33)(H,31,35). The average molecular weight is 533 g/mol. The van der Waals surface area contributed by atoms with E-state index >= 15 is 0 Å². The summed E-state index contributed by atoms with van der Waals surface area (Å²) in [6.45, 7) is 1.87. The summed E-state index contributed by atoms with van der Waals surface area (Å²) in [6.07, 6.45) is 0.162. The molecule has 4 rings (SSSR count). The number of amides is 3. The largest absolute Gasteiger partial charge is 0.497 e. The van der Waals surface area contributed by atoms with Crippen molar-refractivity contribution in [3.63, 3.8) is 0 Å². The Morgan fingerprint density at radius 1 is 1.13 bits per heavy atom. The zero-order chi connectivity index (χ0) is 27.2. The summed E-state index contributed by atoms with van der Waals surface area (Å²) in [6, 6.07) is 17.6. The number of carbonyl (C=O) groups is 3. The lowest BCUT2D eigenvalue weighted by Gasteiger charge is -2.35. The molecule has 9 nitrogen and oxygen atoms in total. The lowest BCUT2D eigenvalue weighted by molar-refractivity contribution is -0.139. The van der Waals surface area contributed by atoms with E-state index in [-0.39, 0.29) is 36.2 Å². The zero-order valence-corrected chi connectivity index (χ0v) is 22.1. The Kier molecular flexibility index (Phi) is 8.38. The normalized spacial score (nSPS) is 19.5. The molecule has 38 heavy (non-hydrogen) atoms. The highest BCUT2D eigenvalue weighted by atomic mass is 32.2. The number of benzene rings is 2. The summed E-state index contributed by atoms with van der Waals surface area (Å²) in [4.78, 5) is 40.1. The van der Waals surface area contributed by atoms with Crippen LogP contribution in [0.1, 0.15) is 36.4 Å². The molecule has 10 heteroatoms. The highest BCUT2D eigenvalue weighted by Crippen LogP contribution is 2.38. The summed E-state index contributed by atoms with van der Waals surface area (Å²) in [5, 5.41) is 16.1. The predicted molar refractivity (Wildman–Crippen MR) is 143 cm³/mol. The number of methoxy groups -OCH3 is 1. The van der Waals surface area contributed by atoms with Gasteiger partial charge in [-0.15, -0.1) is 11.8 Å². The van der Waals surface area contributed by atoms with Gasteiger partial charge in [-0.3, -0.25) is 9.69 Å². The van der Waals surface area contributed by atoms with Gasteiger partial charge < -0.3 is 20.1 Å². The van der Waals surface area contributed by atoms with Gasteiger partial charge in [0.25, 0.3) is 0 Å². The fraction of sp³-hybridized carbons (Fsp3) is 0.286. The number of rotatable bonds is 8. The summed E-state index contributed by atoms with van der Waals surface area (Å²) in [5.41, 5.74) is 2.71. The third kappa shape index (κ3) is 5.53. The Morgan fingerprint density at radius 3 is 2.47 bits per heavy atom. The molecule has 0 aromatic heterocycles. The first-order chi connectivity index (χ1) is 18.4. The van der Waals surface area contributed by atoms with Gasteiger partial charge in [-0.05, 0) is 30.2 Å². The maximum Gasteiger partial charge on any atom is 0.338 e. The number of nitrogens with one attached hydrogen (secondary N) is 2. The molecular weight excluding hydrogens is 504 g/mol. The molecule has 0 spiro atoms. The number of hydrogen-bond donors (Lipinski definition) is 2. The number of urea groups is 1. The number of thioether (sulfide) groups is 1. The van der Waals surface area contributed by atoms with E-state index in [9.17, 15) is 19.6 Å². The molecular formula is C28H28N4O5S. The first kappa shape index (κ1) is 26.8. The third-order valence-electron chi connectivity index (χ3n) is 6.43. The van der Waals surface area contributed by atoms with E-state index in [1.165, 1.54) is 16.7 Å². The van der Waals surface area contributed by atoms with Gasteiger partial charge in [-0.2, -0.15) is 5.26 Å². The molecule has 196 valence electrons. The number of nitriles is 1. The van der Waals surface area contributed by atoms with Gasteiger partial charge in [-0.1, -0.05) is 42.5 Å². The van der Waals surface area contributed by atoms with Crippen molar-refractivity contribution >= 4 is 29.7 Å². The summed E-state index contributed by atoms with van der Waals surface area (Å²) in [5.74, 6) is -0.351. The van der Waals surface area contributed by atoms with Crippen molar-refractivity contribution in [2.45, 2.75) is 25.3 Å². The van der Waals surface area contributed by atoms with E-state index in [2.05, 4.69) is 16.7 Å². The molecule has 2 aliphatic heterocycles. The number of hydrogen-bond acceptors (Lipinski definition) is 7. The van der Waals surface area contributed by atoms with Crippen molar-refractivity contribution < 1.29 is 23.9 Å². The molecule has 0 radical (unpaired) electrons. The van der Waals surface area contributed by atoms with Gasteiger partial charge in [0.1, 0.15) is 5.75 Å². The van der Waals surface area contributed by atoms with E-state index < -0.39 is 18.0 Å². The molecule has 0 saturated heterocycles. The molecule has 3 amide bonds. The molecule has 2 atom stereocenters. The van der Waals surface area contributed by atoms with Gasteiger partial charge in [0, 0.05) is 30.8 Å². The monoisotopic (exact) mass is 532 g/mol. The van der Waals surface area contributed by atoms with Gasteiger partial charge >= 0.3 is 12.0 Å². The molecule has 0 fully saturated rings. The molecule has 2 N–H and O–H groups in total. The zero-order valence-electron chi connectivity index (χ0n) is 21.3. The minimum absolute atomic E-state index is 0.146. The van der Waals surface area contributed by atoms with E-state index in [0.29, 0.717) is 27.6 Å². The van der Waals surface area contributed by atoms with Crippen LogP contribution in [0.5, 0.6) is 5.75 Å². The lowest BCUT2D eigenvalue weighted by atomic mass is 9.87. The number of ether oxygens (including phenoxy) is 2. The van der Waals surface area contributed by atoms with E-state index in [1.54, 1.807) is 45.3 Å². The first-order valence-electron chi connectivity index (χ1n) is 12.1. The minimum atomic E-state index is -0.748. The number of nitrogens with zero attached hydrogens (tertiary/aromatic N) is 2. The van der Waals surface area contributed by atoms with Crippen molar-refractivity contribution in [2.24, 2.45) is 0 Å². The van der Waals surface area contributed by atoms with Crippen LogP contribution in [0.15, 0.2) is 76.5 Å². The lowest BCUT2D eigenvalue weighted by Crippen LogP contribution is -2.47. The van der Waals surface area contributed by atoms with Gasteiger partial charge in [0.15, 0.2) is 0 Å². The molecule has 2 aromatic carbocycles. The van der Waals surface area contributed by atoms with Crippen molar-refractivity contribution in [2.75, 3.05) is 26.5 Å². The van der Waals surface area contributed by atoms with Crippen molar-refractivity contribution in [3.8, 4) is 11.8 Å². The van der Waals surface area contributed by atoms with Crippen LogP contribution < -0.4 is 15.4 Å². The van der Waals surface area contributed by atoms with Crippen LogP contribution >= 0.6 is 11.8 Å². The van der Waals surface area contributed by atoms with E-state index in [0.717, 1.165) is 5.56 Å². The average Bonchev–Trinajstić information content (AvgIpc) is 2.93. The van der Waals surface area contributed by atoms with Gasteiger partial charge in [0.2, 0.25) is 5.91 Å². The molecule has 2 unspecified atom stereocenters. The van der Waals surface area contributed by atoms with Crippen molar-refractivity contribution in [3.05, 3.63) is 87.6 Å². The smallest absolute Gasteiger partial charge is 0.338 e. The number of allylic oxidation sites excluding steroid dienone is 1. The Labute approximate surface area is 225 Å². The highest BCUT2D eigenvalue weighted by Gasteiger charge is 2.37.